The number of benzene rings is 1. The van der Waals surface area contributed by atoms with Gasteiger partial charge in [-0.3, -0.25) is 0 Å². The molecule has 0 unspecified atom stereocenters. The SMILES string of the molecule is N#Cc1cc(Cl)ccc1N=C=S. The Hall–Kier alpha value is -1.20. The maximum atomic E-state index is 8.64. The van der Waals surface area contributed by atoms with E-state index >= 15 is 0 Å². The van der Waals surface area contributed by atoms with Crippen LogP contribution in [0.4, 0.5) is 5.69 Å². The standard InChI is InChI=1S/C8H3ClN2S/c9-7-1-2-8(11-5-12)6(3-7)4-10/h1-3H. The quantitative estimate of drug-likeness (QED) is 0.509. The molecule has 0 N–H and O–H groups in total. The molecule has 0 amide bonds. The number of aliphatic imine (C=N–C) groups is 1. The number of rotatable bonds is 1. The summed E-state index contributed by atoms with van der Waals surface area (Å²) in [6, 6.07) is 6.76. The summed E-state index contributed by atoms with van der Waals surface area (Å²) in [7, 11) is 0. The highest BCUT2D eigenvalue weighted by Gasteiger charge is 1.99. The predicted molar refractivity (Wildman–Crippen MR) is 50.9 cm³/mol. The van der Waals surface area contributed by atoms with E-state index < -0.39 is 0 Å². The Morgan fingerprint density at radius 1 is 1.50 bits per heavy atom. The van der Waals surface area contributed by atoms with Crippen LogP contribution in [-0.4, -0.2) is 5.16 Å². The molecule has 0 radical (unpaired) electrons. The van der Waals surface area contributed by atoms with Crippen LogP contribution in [0.2, 0.25) is 5.02 Å². The average molecular weight is 195 g/mol. The van der Waals surface area contributed by atoms with E-state index in [1.165, 1.54) is 6.07 Å². The van der Waals surface area contributed by atoms with Gasteiger partial charge in [-0.05, 0) is 30.4 Å². The van der Waals surface area contributed by atoms with Crippen molar-refractivity contribution in [2.75, 3.05) is 0 Å². The molecule has 0 saturated heterocycles. The molecule has 0 bridgehead atoms. The van der Waals surface area contributed by atoms with E-state index in [-0.39, 0.29) is 0 Å². The van der Waals surface area contributed by atoms with Crippen molar-refractivity contribution in [3.05, 3.63) is 28.8 Å². The van der Waals surface area contributed by atoms with Gasteiger partial charge < -0.3 is 0 Å². The number of thiocarbonyl (C=S) groups is 1. The van der Waals surface area contributed by atoms with Crippen LogP contribution in [0.1, 0.15) is 5.56 Å². The van der Waals surface area contributed by atoms with Crippen molar-refractivity contribution < 1.29 is 0 Å². The lowest BCUT2D eigenvalue weighted by atomic mass is 10.2. The van der Waals surface area contributed by atoms with Gasteiger partial charge in [-0.1, -0.05) is 11.6 Å². The maximum Gasteiger partial charge on any atom is 0.101 e. The van der Waals surface area contributed by atoms with E-state index in [2.05, 4.69) is 22.4 Å². The molecule has 1 rings (SSSR count). The number of halogens is 1. The van der Waals surface area contributed by atoms with E-state index in [9.17, 15) is 0 Å². The van der Waals surface area contributed by atoms with Gasteiger partial charge >= 0.3 is 0 Å². The first-order valence-electron chi connectivity index (χ1n) is 3.05. The van der Waals surface area contributed by atoms with Crippen LogP contribution >= 0.6 is 23.8 Å². The third kappa shape index (κ3) is 1.90. The summed E-state index contributed by atoms with van der Waals surface area (Å²) in [6.45, 7) is 0. The normalized spacial score (nSPS) is 8.33. The molecule has 0 aliphatic heterocycles. The van der Waals surface area contributed by atoms with E-state index in [1.54, 1.807) is 12.1 Å². The van der Waals surface area contributed by atoms with Gasteiger partial charge in [-0.2, -0.15) is 10.3 Å². The topological polar surface area (TPSA) is 36.1 Å². The summed E-state index contributed by atoms with van der Waals surface area (Å²) >= 11 is 10.1. The minimum atomic E-state index is 0.403. The molecular weight excluding hydrogens is 192 g/mol. The summed E-state index contributed by atoms with van der Waals surface area (Å²) < 4.78 is 0. The number of hydrogen-bond acceptors (Lipinski definition) is 3. The zero-order chi connectivity index (χ0) is 8.97. The molecule has 0 heterocycles. The van der Waals surface area contributed by atoms with Crippen molar-refractivity contribution in [2.24, 2.45) is 4.99 Å². The Bertz CT molecular complexity index is 389. The highest BCUT2D eigenvalue weighted by atomic mass is 35.5. The van der Waals surface area contributed by atoms with E-state index in [0.717, 1.165) is 0 Å². The van der Waals surface area contributed by atoms with Crippen LogP contribution in [0.3, 0.4) is 0 Å². The molecule has 1 aromatic rings. The minimum absolute atomic E-state index is 0.403. The lowest BCUT2D eigenvalue weighted by Gasteiger charge is -1.94. The molecular formula is C8H3ClN2S. The van der Waals surface area contributed by atoms with Crippen molar-refractivity contribution in [1.82, 2.24) is 0 Å². The van der Waals surface area contributed by atoms with Gasteiger partial charge in [-0.15, -0.1) is 0 Å². The Labute approximate surface area is 80.1 Å². The van der Waals surface area contributed by atoms with Gasteiger partial charge in [0.1, 0.15) is 6.07 Å². The van der Waals surface area contributed by atoms with Gasteiger partial charge in [0, 0.05) is 5.02 Å². The fourth-order valence-corrected chi connectivity index (χ4v) is 1.01. The monoisotopic (exact) mass is 194 g/mol. The summed E-state index contributed by atoms with van der Waals surface area (Å²) in [6.07, 6.45) is 0. The number of nitrogens with zero attached hydrogens (tertiary/aromatic N) is 2. The summed E-state index contributed by atoms with van der Waals surface area (Å²) in [5.74, 6) is 0. The van der Waals surface area contributed by atoms with Gasteiger partial charge in [0.15, 0.2) is 0 Å². The zero-order valence-corrected chi connectivity index (χ0v) is 7.49. The molecule has 0 aromatic heterocycles. The first-order chi connectivity index (χ1) is 5.77. The summed E-state index contributed by atoms with van der Waals surface area (Å²) in [5, 5.41) is 11.3. The molecule has 0 aliphatic carbocycles. The molecule has 0 spiro atoms. The maximum absolute atomic E-state index is 8.64. The lowest BCUT2D eigenvalue weighted by molar-refractivity contribution is 1.45. The second kappa shape index (κ2) is 3.99. The summed E-state index contributed by atoms with van der Waals surface area (Å²) in [5.41, 5.74) is 0.900. The molecule has 0 saturated carbocycles. The van der Waals surface area contributed by atoms with Crippen LogP contribution in [0.15, 0.2) is 23.2 Å². The van der Waals surface area contributed by atoms with E-state index in [4.69, 9.17) is 16.9 Å². The molecule has 58 valence electrons. The largest absolute Gasteiger partial charge is 0.193 e. The van der Waals surface area contributed by atoms with Crippen LogP contribution in [0, 0.1) is 11.3 Å². The van der Waals surface area contributed by atoms with Crippen LogP contribution in [-0.2, 0) is 0 Å². The second-order valence-corrected chi connectivity index (χ2v) is 2.60. The third-order valence-electron chi connectivity index (χ3n) is 1.25. The molecule has 1 aromatic carbocycles. The average Bonchev–Trinajstić information content (AvgIpc) is 2.08. The number of hydrogen-bond donors (Lipinski definition) is 0. The van der Waals surface area contributed by atoms with Crippen LogP contribution in [0.5, 0.6) is 0 Å². The van der Waals surface area contributed by atoms with Crippen molar-refractivity contribution in [3.63, 3.8) is 0 Å². The smallest absolute Gasteiger partial charge is 0.101 e. The Kier molecular flexibility index (Phi) is 2.95. The fraction of sp³-hybridized carbons (Fsp3) is 0. The van der Waals surface area contributed by atoms with Crippen molar-refractivity contribution >= 4 is 34.7 Å². The Morgan fingerprint density at radius 3 is 2.83 bits per heavy atom. The molecule has 0 fully saturated rings. The van der Waals surface area contributed by atoms with E-state index in [0.29, 0.717) is 16.3 Å². The summed E-state index contributed by atoms with van der Waals surface area (Å²) in [4.78, 5) is 3.70. The van der Waals surface area contributed by atoms with Crippen molar-refractivity contribution in [2.45, 2.75) is 0 Å². The van der Waals surface area contributed by atoms with Gasteiger partial charge in [-0.25, -0.2) is 0 Å². The van der Waals surface area contributed by atoms with Gasteiger partial charge in [0.25, 0.3) is 0 Å². The number of nitriles is 1. The highest BCUT2D eigenvalue weighted by Crippen LogP contribution is 2.21. The molecule has 0 atom stereocenters. The van der Waals surface area contributed by atoms with Crippen molar-refractivity contribution in [3.8, 4) is 6.07 Å². The molecule has 12 heavy (non-hydrogen) atoms. The Morgan fingerprint density at radius 2 is 2.25 bits per heavy atom. The number of isothiocyanates is 1. The first-order valence-corrected chi connectivity index (χ1v) is 3.84. The van der Waals surface area contributed by atoms with E-state index in [1.807, 2.05) is 6.07 Å². The molecule has 4 heteroatoms. The van der Waals surface area contributed by atoms with Crippen molar-refractivity contribution in [1.29, 1.82) is 5.26 Å². The van der Waals surface area contributed by atoms with Gasteiger partial charge in [0.2, 0.25) is 0 Å². The second-order valence-electron chi connectivity index (χ2n) is 1.98. The van der Waals surface area contributed by atoms with Gasteiger partial charge in [0.05, 0.1) is 16.4 Å². The first kappa shape index (κ1) is 8.89. The van der Waals surface area contributed by atoms with Crippen LogP contribution < -0.4 is 0 Å². The zero-order valence-electron chi connectivity index (χ0n) is 5.91. The highest BCUT2D eigenvalue weighted by molar-refractivity contribution is 7.78. The minimum Gasteiger partial charge on any atom is -0.193 e. The lowest BCUT2D eigenvalue weighted by Crippen LogP contribution is -1.75. The molecule has 2 nitrogen and oxygen atoms in total. The third-order valence-corrected chi connectivity index (χ3v) is 1.57. The predicted octanol–water partition coefficient (Wildman–Crippen LogP) is 2.95. The van der Waals surface area contributed by atoms with Crippen LogP contribution in [0.25, 0.3) is 0 Å². The Balaban J connectivity index is 3.31. The molecule has 0 aliphatic rings. The fourth-order valence-electron chi connectivity index (χ4n) is 0.744.